The van der Waals surface area contributed by atoms with Crippen molar-refractivity contribution in [2.45, 2.75) is 18.9 Å². The highest BCUT2D eigenvalue weighted by Crippen LogP contribution is 2.20. The largest absolute Gasteiger partial charge is 0.376 e. The Kier molecular flexibility index (Phi) is 5.71. The standard InChI is InChI=1S/C21H25FN4O2/c22-17-4-6-18(7-5-17)25-9-11-26(12-10-25)20-8-3-16(14-23-20)21(27)24-15-19-2-1-13-28-19/h3-8,14,19H,1-2,9-13,15H2,(H,24,27). The van der Waals surface area contributed by atoms with E-state index in [4.69, 9.17) is 4.74 Å². The van der Waals surface area contributed by atoms with Crippen molar-refractivity contribution in [1.82, 2.24) is 10.3 Å². The third kappa shape index (κ3) is 4.42. The van der Waals surface area contributed by atoms with E-state index in [-0.39, 0.29) is 17.8 Å². The number of piperazine rings is 1. The number of hydrogen-bond acceptors (Lipinski definition) is 5. The van der Waals surface area contributed by atoms with Gasteiger partial charge in [-0.05, 0) is 49.2 Å². The summed E-state index contributed by atoms with van der Waals surface area (Å²) >= 11 is 0. The highest BCUT2D eigenvalue weighted by molar-refractivity contribution is 5.94. The predicted molar refractivity (Wildman–Crippen MR) is 106 cm³/mol. The van der Waals surface area contributed by atoms with Gasteiger partial charge in [-0.3, -0.25) is 4.79 Å². The average molecular weight is 384 g/mol. The maximum absolute atomic E-state index is 13.1. The molecule has 28 heavy (non-hydrogen) atoms. The molecule has 0 spiro atoms. The number of pyridine rings is 1. The average Bonchev–Trinajstić information content (AvgIpc) is 3.27. The highest BCUT2D eigenvalue weighted by atomic mass is 19.1. The Morgan fingerprint density at radius 3 is 2.50 bits per heavy atom. The second kappa shape index (κ2) is 8.56. The molecular weight excluding hydrogens is 359 g/mol. The first-order valence-electron chi connectivity index (χ1n) is 9.80. The molecular formula is C21H25FN4O2. The van der Waals surface area contributed by atoms with E-state index in [9.17, 15) is 9.18 Å². The molecule has 148 valence electrons. The minimum atomic E-state index is -0.216. The number of rotatable bonds is 5. The number of benzene rings is 1. The number of aromatic nitrogens is 1. The van der Waals surface area contributed by atoms with Crippen molar-refractivity contribution in [2.75, 3.05) is 49.1 Å². The lowest BCUT2D eigenvalue weighted by Crippen LogP contribution is -2.46. The van der Waals surface area contributed by atoms with Crippen LogP contribution in [-0.4, -0.2) is 56.3 Å². The topological polar surface area (TPSA) is 57.7 Å². The van der Waals surface area contributed by atoms with Crippen LogP contribution in [0, 0.1) is 5.82 Å². The fourth-order valence-electron chi connectivity index (χ4n) is 3.67. The quantitative estimate of drug-likeness (QED) is 0.858. The number of carbonyl (C=O) groups excluding carboxylic acids is 1. The molecule has 1 aromatic heterocycles. The first-order valence-corrected chi connectivity index (χ1v) is 9.80. The molecule has 7 heteroatoms. The molecule has 2 aliphatic heterocycles. The van der Waals surface area contributed by atoms with Crippen LogP contribution in [0.25, 0.3) is 0 Å². The van der Waals surface area contributed by atoms with Crippen LogP contribution in [0.15, 0.2) is 42.6 Å². The van der Waals surface area contributed by atoms with Crippen molar-refractivity contribution < 1.29 is 13.9 Å². The van der Waals surface area contributed by atoms with Crippen molar-refractivity contribution in [3.63, 3.8) is 0 Å². The summed E-state index contributed by atoms with van der Waals surface area (Å²) in [5, 5.41) is 2.92. The highest BCUT2D eigenvalue weighted by Gasteiger charge is 2.20. The predicted octanol–water partition coefficient (Wildman–Crippen LogP) is 2.46. The lowest BCUT2D eigenvalue weighted by atomic mass is 10.2. The van der Waals surface area contributed by atoms with E-state index in [1.165, 1.54) is 12.1 Å². The van der Waals surface area contributed by atoms with Gasteiger partial charge >= 0.3 is 0 Å². The van der Waals surface area contributed by atoms with Crippen LogP contribution in [0.3, 0.4) is 0 Å². The van der Waals surface area contributed by atoms with Gasteiger partial charge in [0.1, 0.15) is 11.6 Å². The van der Waals surface area contributed by atoms with Gasteiger partial charge in [-0.15, -0.1) is 0 Å². The lowest BCUT2D eigenvalue weighted by Gasteiger charge is -2.36. The Labute approximate surface area is 164 Å². The monoisotopic (exact) mass is 384 g/mol. The Morgan fingerprint density at radius 1 is 1.11 bits per heavy atom. The Morgan fingerprint density at radius 2 is 1.86 bits per heavy atom. The third-order valence-electron chi connectivity index (χ3n) is 5.32. The molecule has 1 amide bonds. The van der Waals surface area contributed by atoms with Gasteiger partial charge in [-0.1, -0.05) is 0 Å². The Bertz CT molecular complexity index is 783. The molecule has 1 atom stereocenters. The molecule has 1 N–H and O–H groups in total. The zero-order valence-corrected chi connectivity index (χ0v) is 15.8. The number of halogens is 1. The number of carbonyl (C=O) groups is 1. The first-order chi connectivity index (χ1) is 13.7. The van der Waals surface area contributed by atoms with E-state index in [2.05, 4.69) is 20.1 Å². The number of nitrogens with one attached hydrogen (secondary N) is 1. The summed E-state index contributed by atoms with van der Waals surface area (Å²) in [5.41, 5.74) is 1.60. The summed E-state index contributed by atoms with van der Waals surface area (Å²) in [7, 11) is 0. The first kappa shape index (κ1) is 18.7. The van der Waals surface area contributed by atoms with Gasteiger partial charge < -0.3 is 19.9 Å². The second-order valence-corrected chi connectivity index (χ2v) is 7.20. The van der Waals surface area contributed by atoms with E-state index in [1.54, 1.807) is 6.20 Å². The fraction of sp³-hybridized carbons (Fsp3) is 0.429. The molecule has 2 aromatic rings. The van der Waals surface area contributed by atoms with Crippen molar-refractivity contribution in [1.29, 1.82) is 0 Å². The van der Waals surface area contributed by atoms with Gasteiger partial charge in [-0.25, -0.2) is 9.37 Å². The van der Waals surface area contributed by atoms with Crippen molar-refractivity contribution >= 4 is 17.4 Å². The van der Waals surface area contributed by atoms with Crippen LogP contribution in [0.4, 0.5) is 15.9 Å². The van der Waals surface area contributed by atoms with Crippen molar-refractivity contribution in [3.05, 3.63) is 54.0 Å². The minimum Gasteiger partial charge on any atom is -0.376 e. The minimum absolute atomic E-state index is 0.115. The molecule has 0 saturated carbocycles. The van der Waals surface area contributed by atoms with E-state index >= 15 is 0 Å². The number of nitrogens with zero attached hydrogens (tertiary/aromatic N) is 3. The lowest BCUT2D eigenvalue weighted by molar-refractivity contribution is 0.0857. The number of ether oxygens (including phenoxy) is 1. The molecule has 2 saturated heterocycles. The fourth-order valence-corrected chi connectivity index (χ4v) is 3.67. The van der Waals surface area contributed by atoms with Crippen LogP contribution in [0.1, 0.15) is 23.2 Å². The van der Waals surface area contributed by atoms with E-state index < -0.39 is 0 Å². The Hall–Kier alpha value is -2.67. The summed E-state index contributed by atoms with van der Waals surface area (Å²) in [6.45, 7) is 4.68. The molecule has 2 aliphatic rings. The van der Waals surface area contributed by atoms with Crippen LogP contribution < -0.4 is 15.1 Å². The van der Waals surface area contributed by atoms with E-state index in [0.29, 0.717) is 12.1 Å². The van der Waals surface area contributed by atoms with Gasteiger partial charge in [0, 0.05) is 51.2 Å². The van der Waals surface area contributed by atoms with E-state index in [1.807, 2.05) is 24.3 Å². The van der Waals surface area contributed by atoms with Gasteiger partial charge in [-0.2, -0.15) is 0 Å². The maximum Gasteiger partial charge on any atom is 0.252 e. The summed E-state index contributed by atoms with van der Waals surface area (Å²) in [5.74, 6) is 0.539. The summed E-state index contributed by atoms with van der Waals surface area (Å²) < 4.78 is 18.6. The van der Waals surface area contributed by atoms with Gasteiger partial charge in [0.25, 0.3) is 5.91 Å². The normalized spacial score (nSPS) is 19.7. The number of amides is 1. The smallest absolute Gasteiger partial charge is 0.252 e. The number of hydrogen-bond donors (Lipinski definition) is 1. The molecule has 6 nitrogen and oxygen atoms in total. The van der Waals surface area contributed by atoms with Crippen molar-refractivity contribution in [2.24, 2.45) is 0 Å². The van der Waals surface area contributed by atoms with Gasteiger partial charge in [0.2, 0.25) is 0 Å². The van der Waals surface area contributed by atoms with Crippen LogP contribution in [0.2, 0.25) is 0 Å². The molecule has 4 rings (SSSR count). The second-order valence-electron chi connectivity index (χ2n) is 7.20. The molecule has 1 aromatic carbocycles. The summed E-state index contributed by atoms with van der Waals surface area (Å²) in [6.07, 6.45) is 3.83. The zero-order chi connectivity index (χ0) is 19.3. The maximum atomic E-state index is 13.1. The summed E-state index contributed by atoms with van der Waals surface area (Å²) in [6, 6.07) is 10.3. The molecule has 0 radical (unpaired) electrons. The zero-order valence-electron chi connectivity index (χ0n) is 15.8. The molecule has 1 unspecified atom stereocenters. The van der Waals surface area contributed by atoms with Crippen molar-refractivity contribution in [3.8, 4) is 0 Å². The third-order valence-corrected chi connectivity index (χ3v) is 5.32. The van der Waals surface area contributed by atoms with E-state index in [0.717, 1.165) is 57.1 Å². The molecule has 3 heterocycles. The SMILES string of the molecule is O=C(NCC1CCCO1)c1ccc(N2CCN(c3ccc(F)cc3)CC2)nc1. The van der Waals surface area contributed by atoms with Crippen LogP contribution in [-0.2, 0) is 4.74 Å². The molecule has 2 fully saturated rings. The van der Waals surface area contributed by atoms with Crippen LogP contribution >= 0.6 is 0 Å². The summed E-state index contributed by atoms with van der Waals surface area (Å²) in [4.78, 5) is 21.2. The Balaban J connectivity index is 1.29. The number of anilines is 2. The molecule has 0 bridgehead atoms. The molecule has 0 aliphatic carbocycles. The van der Waals surface area contributed by atoms with Gasteiger partial charge in [0.05, 0.1) is 11.7 Å². The van der Waals surface area contributed by atoms with Gasteiger partial charge in [0.15, 0.2) is 0 Å². The van der Waals surface area contributed by atoms with Crippen LogP contribution in [0.5, 0.6) is 0 Å².